The van der Waals surface area contributed by atoms with E-state index in [0.717, 1.165) is 24.7 Å². The zero-order valence-corrected chi connectivity index (χ0v) is 15.6. The van der Waals surface area contributed by atoms with Gasteiger partial charge in [-0.05, 0) is 35.4 Å². The average Bonchev–Trinajstić information content (AvgIpc) is 3.54. The number of hydrogen-bond donors (Lipinski definition) is 0. The van der Waals surface area contributed by atoms with Crippen molar-refractivity contribution in [3.63, 3.8) is 0 Å². The van der Waals surface area contributed by atoms with Gasteiger partial charge in [0.05, 0.1) is 6.61 Å². The van der Waals surface area contributed by atoms with Crippen LogP contribution < -0.4 is 9.47 Å². The lowest BCUT2D eigenvalue weighted by atomic mass is 9.78. The van der Waals surface area contributed by atoms with Crippen molar-refractivity contribution in [1.29, 1.82) is 0 Å². The molecule has 0 bridgehead atoms. The summed E-state index contributed by atoms with van der Waals surface area (Å²) in [4.78, 5) is 0. The van der Waals surface area contributed by atoms with Gasteiger partial charge in [0.1, 0.15) is 30.8 Å². The van der Waals surface area contributed by atoms with E-state index in [-0.39, 0.29) is 11.5 Å². The van der Waals surface area contributed by atoms with E-state index in [9.17, 15) is 0 Å². The number of ether oxygens (including phenoxy) is 3. The second kappa shape index (κ2) is 6.93. The topological polar surface area (TPSA) is 31.0 Å². The van der Waals surface area contributed by atoms with E-state index in [2.05, 4.69) is 50.2 Å². The minimum Gasteiger partial charge on any atom is -0.492 e. The fraction of sp³-hybridized carbons (Fsp3) is 0.429. The van der Waals surface area contributed by atoms with Crippen molar-refractivity contribution in [2.24, 2.45) is 0 Å². The highest BCUT2D eigenvalue weighted by molar-refractivity contribution is 8.06. The standard InChI is InChI=1S/C21H24O3S/c1-21(2,15-3-7-17(8-4-15)22-11-19-12-23-19)16-5-9-18(10-6-16)24-13-20-14-25-20/h3-10,19-20H,11-14H2,1-2H3. The van der Waals surface area contributed by atoms with Crippen LogP contribution in [0.1, 0.15) is 25.0 Å². The second-order valence-electron chi connectivity index (χ2n) is 7.21. The number of epoxide rings is 1. The van der Waals surface area contributed by atoms with Gasteiger partial charge in [0.15, 0.2) is 0 Å². The van der Waals surface area contributed by atoms with E-state index in [1.165, 1.54) is 16.9 Å². The van der Waals surface area contributed by atoms with Crippen molar-refractivity contribution in [1.82, 2.24) is 0 Å². The van der Waals surface area contributed by atoms with Crippen molar-refractivity contribution >= 4 is 11.8 Å². The Balaban J connectivity index is 1.41. The van der Waals surface area contributed by atoms with Crippen molar-refractivity contribution in [3.05, 3.63) is 59.7 Å². The van der Waals surface area contributed by atoms with E-state index in [1.54, 1.807) is 0 Å². The Morgan fingerprint density at radius 2 is 1.40 bits per heavy atom. The molecule has 2 aliphatic heterocycles. The second-order valence-corrected chi connectivity index (χ2v) is 8.54. The molecular formula is C21H24O3S. The van der Waals surface area contributed by atoms with Crippen molar-refractivity contribution < 1.29 is 14.2 Å². The monoisotopic (exact) mass is 356 g/mol. The highest BCUT2D eigenvalue weighted by Crippen LogP contribution is 2.34. The largest absolute Gasteiger partial charge is 0.492 e. The molecule has 2 aromatic carbocycles. The molecule has 2 fully saturated rings. The SMILES string of the molecule is CC(C)(c1ccc(OCC2CO2)cc1)c1ccc(OCC2CS2)cc1. The molecule has 0 aliphatic carbocycles. The fourth-order valence-corrected chi connectivity index (χ4v) is 3.21. The maximum atomic E-state index is 5.82. The summed E-state index contributed by atoms with van der Waals surface area (Å²) >= 11 is 1.96. The van der Waals surface area contributed by atoms with Gasteiger partial charge in [-0.15, -0.1) is 0 Å². The lowest BCUT2D eigenvalue weighted by Gasteiger charge is -2.26. The third-order valence-electron chi connectivity index (χ3n) is 4.83. The molecule has 0 N–H and O–H groups in total. The summed E-state index contributed by atoms with van der Waals surface area (Å²) in [6.07, 6.45) is 0.287. The zero-order valence-electron chi connectivity index (χ0n) is 14.7. The molecule has 2 aromatic rings. The third kappa shape index (κ3) is 4.31. The van der Waals surface area contributed by atoms with Crippen LogP contribution in [0.15, 0.2) is 48.5 Å². The van der Waals surface area contributed by atoms with Crippen LogP contribution in [0.4, 0.5) is 0 Å². The first-order valence-corrected chi connectivity index (χ1v) is 9.86. The van der Waals surface area contributed by atoms with Crippen LogP contribution >= 0.6 is 11.8 Å². The van der Waals surface area contributed by atoms with E-state index < -0.39 is 0 Å². The number of rotatable bonds is 8. The van der Waals surface area contributed by atoms with Crippen LogP contribution in [-0.2, 0) is 10.2 Å². The molecule has 4 rings (SSSR count). The van der Waals surface area contributed by atoms with Crippen LogP contribution in [0.2, 0.25) is 0 Å². The summed E-state index contributed by atoms with van der Waals surface area (Å²) in [5, 5.41) is 0.698. The summed E-state index contributed by atoms with van der Waals surface area (Å²) in [5.41, 5.74) is 2.48. The summed E-state index contributed by atoms with van der Waals surface area (Å²) in [6, 6.07) is 16.9. The van der Waals surface area contributed by atoms with Gasteiger partial charge in [0.25, 0.3) is 0 Å². The molecule has 0 amide bonds. The van der Waals surface area contributed by atoms with Crippen molar-refractivity contribution in [3.8, 4) is 11.5 Å². The number of thioether (sulfide) groups is 1. The Hall–Kier alpha value is -1.65. The Labute approximate surface area is 153 Å². The molecule has 132 valence electrons. The molecule has 2 atom stereocenters. The van der Waals surface area contributed by atoms with Crippen LogP contribution in [0.3, 0.4) is 0 Å². The first kappa shape index (κ1) is 16.8. The van der Waals surface area contributed by atoms with Gasteiger partial charge in [0.2, 0.25) is 0 Å². The summed E-state index contributed by atoms with van der Waals surface area (Å²) < 4.78 is 16.7. The minimum atomic E-state index is -0.0665. The lowest BCUT2D eigenvalue weighted by Crippen LogP contribution is -2.18. The van der Waals surface area contributed by atoms with E-state index in [4.69, 9.17) is 14.2 Å². The maximum absolute atomic E-state index is 5.82. The Kier molecular flexibility index (Phi) is 4.65. The van der Waals surface area contributed by atoms with Crippen LogP contribution in [0.25, 0.3) is 0 Å². The molecule has 2 saturated heterocycles. The minimum absolute atomic E-state index is 0.0665. The van der Waals surface area contributed by atoms with Crippen molar-refractivity contribution in [2.45, 2.75) is 30.6 Å². The van der Waals surface area contributed by atoms with Gasteiger partial charge in [0, 0.05) is 16.4 Å². The fourth-order valence-electron chi connectivity index (χ4n) is 2.81. The van der Waals surface area contributed by atoms with Gasteiger partial charge < -0.3 is 14.2 Å². The van der Waals surface area contributed by atoms with E-state index in [0.29, 0.717) is 11.9 Å². The molecule has 3 nitrogen and oxygen atoms in total. The number of benzene rings is 2. The molecule has 2 heterocycles. The lowest BCUT2D eigenvalue weighted by molar-refractivity contribution is 0.263. The summed E-state index contributed by atoms with van der Waals surface area (Å²) in [7, 11) is 0. The van der Waals surface area contributed by atoms with E-state index in [1.807, 2.05) is 23.9 Å². The van der Waals surface area contributed by atoms with E-state index >= 15 is 0 Å². The smallest absolute Gasteiger partial charge is 0.119 e. The summed E-state index contributed by atoms with van der Waals surface area (Å²) in [6.45, 7) is 6.78. The number of hydrogen-bond acceptors (Lipinski definition) is 4. The molecule has 0 radical (unpaired) electrons. The Morgan fingerprint density at radius 1 is 0.920 bits per heavy atom. The molecule has 0 spiro atoms. The molecule has 4 heteroatoms. The Morgan fingerprint density at radius 3 is 1.84 bits per heavy atom. The predicted molar refractivity (Wildman–Crippen MR) is 102 cm³/mol. The summed E-state index contributed by atoms with van der Waals surface area (Å²) in [5.74, 6) is 3.09. The average molecular weight is 356 g/mol. The van der Waals surface area contributed by atoms with Crippen LogP contribution in [-0.4, -0.2) is 36.9 Å². The Bertz CT molecular complexity index is 639. The van der Waals surface area contributed by atoms with Gasteiger partial charge in [-0.3, -0.25) is 0 Å². The first-order valence-electron chi connectivity index (χ1n) is 8.81. The quantitative estimate of drug-likeness (QED) is 0.661. The van der Waals surface area contributed by atoms with Crippen LogP contribution in [0.5, 0.6) is 11.5 Å². The molecule has 2 aliphatic rings. The highest BCUT2D eigenvalue weighted by Gasteiger charge is 2.25. The highest BCUT2D eigenvalue weighted by atomic mass is 32.2. The van der Waals surface area contributed by atoms with Gasteiger partial charge >= 0.3 is 0 Å². The molecule has 0 saturated carbocycles. The van der Waals surface area contributed by atoms with Crippen molar-refractivity contribution in [2.75, 3.05) is 25.6 Å². The molecular weight excluding hydrogens is 332 g/mol. The molecule has 25 heavy (non-hydrogen) atoms. The van der Waals surface area contributed by atoms with Gasteiger partial charge in [-0.1, -0.05) is 38.1 Å². The molecule has 2 unspecified atom stereocenters. The van der Waals surface area contributed by atoms with Gasteiger partial charge in [-0.2, -0.15) is 11.8 Å². The third-order valence-corrected chi connectivity index (χ3v) is 5.77. The zero-order chi connectivity index (χ0) is 17.3. The normalized spacial score (nSPS) is 21.7. The van der Waals surface area contributed by atoms with Crippen LogP contribution in [0, 0.1) is 0 Å². The van der Waals surface area contributed by atoms with Gasteiger partial charge in [-0.25, -0.2) is 0 Å². The predicted octanol–water partition coefficient (Wildman–Crippen LogP) is 4.28. The maximum Gasteiger partial charge on any atom is 0.119 e. The molecule has 0 aromatic heterocycles. The first-order chi connectivity index (χ1) is 12.1.